The van der Waals surface area contributed by atoms with Gasteiger partial charge in [-0.15, -0.1) is 0 Å². The number of nitrogens with one attached hydrogen (secondary N) is 5. The van der Waals surface area contributed by atoms with Gasteiger partial charge in [0.15, 0.2) is 12.6 Å². The van der Waals surface area contributed by atoms with Crippen molar-refractivity contribution < 1.29 is 47.7 Å². The van der Waals surface area contributed by atoms with Crippen molar-refractivity contribution in [3.8, 4) is 0 Å². The summed E-state index contributed by atoms with van der Waals surface area (Å²) in [7, 11) is 3.46. The molecular formula is C55H80N8O10. The maximum atomic E-state index is 13.9. The Morgan fingerprint density at radius 2 is 1.05 bits per heavy atom. The molecule has 4 fully saturated rings. The molecule has 6 heterocycles. The molecule has 4 aliphatic rings. The molecule has 4 saturated heterocycles. The summed E-state index contributed by atoms with van der Waals surface area (Å²) in [5, 5.41) is 11.6. The largest absolute Gasteiger partial charge is 0.444 e. The molecule has 0 unspecified atom stereocenters. The first-order chi connectivity index (χ1) is 34.9. The number of likely N-dealkylation sites (tertiary alicyclic amines) is 1. The van der Waals surface area contributed by atoms with Gasteiger partial charge in [-0.25, -0.2) is 4.79 Å². The molecule has 0 spiro atoms. The van der Waals surface area contributed by atoms with Crippen LogP contribution in [0.2, 0.25) is 0 Å². The topological polar surface area (TPSA) is 209 Å². The molecule has 5 amide bonds. The van der Waals surface area contributed by atoms with E-state index in [1.165, 1.54) is 0 Å². The standard InChI is InChI=1S/C30H44N4O6.C25H36N4O4/c1-19-17-38-25(39-18-19)16-33(6)28(36)26(20(2)23-15-31-24-10-8-7-9-22(23)24)32-27(35)21-11-13-34(14-12-21)29(37)40-30(3,4)5;1-16-14-32-22(33-15-16)13-29(3)25(31)23(28-24(30)18-8-10-26-11-9-18)17(2)20-12-27-21-7-5-4-6-19(20)21/h7-10,15,19-21,25-26,31H,11-14,16-18H2,1-6H3,(H,32,35);4-7,12,16-18,22-23,26-27H,8-11,13-15H2,1-3H3,(H,28,30)/t19?,20-,25?,26+;16?,17-,22?,23+/m00/s1. The maximum absolute atomic E-state index is 13.9. The summed E-state index contributed by atoms with van der Waals surface area (Å²) in [4.78, 5) is 78.1. The van der Waals surface area contributed by atoms with E-state index in [1.54, 1.807) is 28.8 Å². The van der Waals surface area contributed by atoms with E-state index < -0.39 is 30.3 Å². The fraction of sp³-hybridized carbons (Fsp3) is 0.618. The first-order valence-corrected chi connectivity index (χ1v) is 26.2. The van der Waals surface area contributed by atoms with E-state index in [0.717, 1.165) is 58.9 Å². The van der Waals surface area contributed by atoms with E-state index in [1.807, 2.05) is 95.5 Å². The van der Waals surface area contributed by atoms with Crippen molar-refractivity contribution in [3.63, 3.8) is 0 Å². The lowest BCUT2D eigenvalue weighted by Crippen LogP contribution is -2.54. The third-order valence-corrected chi connectivity index (χ3v) is 14.4. The predicted octanol–water partition coefficient (Wildman–Crippen LogP) is 6.09. The second kappa shape index (κ2) is 25.1. The zero-order valence-corrected chi connectivity index (χ0v) is 44.4. The summed E-state index contributed by atoms with van der Waals surface area (Å²) >= 11 is 0. The number of H-pyrrole nitrogens is 2. The number of hydrogen-bond donors (Lipinski definition) is 5. The van der Waals surface area contributed by atoms with Crippen molar-refractivity contribution in [2.45, 2.75) is 116 Å². The van der Waals surface area contributed by atoms with Crippen LogP contribution in [0.25, 0.3) is 21.8 Å². The second-order valence-corrected chi connectivity index (χ2v) is 21.7. The van der Waals surface area contributed by atoms with Crippen LogP contribution >= 0.6 is 0 Å². The van der Waals surface area contributed by atoms with Crippen molar-refractivity contribution in [2.24, 2.45) is 23.7 Å². The molecule has 73 heavy (non-hydrogen) atoms. The fourth-order valence-corrected chi connectivity index (χ4v) is 9.97. The average Bonchev–Trinajstić information content (AvgIpc) is 4.03. The van der Waals surface area contributed by atoms with Crippen LogP contribution in [0.5, 0.6) is 0 Å². The Balaban J connectivity index is 0.000000218. The quantitative estimate of drug-likeness (QED) is 0.0976. The Kier molecular flexibility index (Phi) is 19.0. The minimum Gasteiger partial charge on any atom is -0.444 e. The molecule has 4 aliphatic heterocycles. The summed E-state index contributed by atoms with van der Waals surface area (Å²) in [6.45, 7) is 19.1. The number of aromatic nitrogens is 2. The Bertz CT molecular complexity index is 2460. The number of aromatic amines is 2. The van der Waals surface area contributed by atoms with E-state index in [-0.39, 0.29) is 59.9 Å². The van der Waals surface area contributed by atoms with Gasteiger partial charge in [0.25, 0.3) is 0 Å². The molecule has 18 heteroatoms. The van der Waals surface area contributed by atoms with Gasteiger partial charge in [0.05, 0.1) is 39.5 Å². The molecule has 2 aromatic carbocycles. The van der Waals surface area contributed by atoms with Crippen LogP contribution in [-0.4, -0.2) is 164 Å². The summed E-state index contributed by atoms with van der Waals surface area (Å²) in [5.74, 6) is -0.803. The van der Waals surface area contributed by atoms with Gasteiger partial charge in [-0.1, -0.05) is 64.1 Å². The summed E-state index contributed by atoms with van der Waals surface area (Å²) < 4.78 is 28.5. The fourth-order valence-electron chi connectivity index (χ4n) is 9.97. The molecule has 18 nitrogen and oxygen atoms in total. The Morgan fingerprint density at radius 3 is 1.47 bits per heavy atom. The minimum absolute atomic E-state index is 0.0473. The van der Waals surface area contributed by atoms with Crippen molar-refractivity contribution in [3.05, 3.63) is 72.1 Å². The van der Waals surface area contributed by atoms with Crippen molar-refractivity contribution in [2.75, 3.05) is 79.8 Å². The number of para-hydroxylation sites is 2. The lowest BCUT2D eigenvalue weighted by molar-refractivity contribution is -0.204. The molecular weight excluding hydrogens is 933 g/mol. The van der Waals surface area contributed by atoms with Crippen LogP contribution in [0.15, 0.2) is 60.9 Å². The van der Waals surface area contributed by atoms with Gasteiger partial charge < -0.3 is 64.3 Å². The molecule has 0 bridgehead atoms. The SMILES string of the molecule is CC1COC(CN(C)C(=O)[C@H](NC(=O)C2CCN(C(=O)OC(C)(C)C)CC2)[C@@H](C)c2c[nH]c3ccccc23)OC1.CC1COC(CN(C)C(=O)[C@H](NC(=O)C2CCNCC2)[C@@H](C)c2c[nH]c3ccccc23)OC1. The molecule has 4 aromatic rings. The van der Waals surface area contributed by atoms with E-state index in [2.05, 4.69) is 39.8 Å². The van der Waals surface area contributed by atoms with Gasteiger partial charge in [-0.2, -0.15) is 0 Å². The van der Waals surface area contributed by atoms with Crippen LogP contribution in [0.1, 0.15) is 97.1 Å². The number of hydrogen-bond acceptors (Lipinski definition) is 11. The van der Waals surface area contributed by atoms with Crippen LogP contribution in [0.3, 0.4) is 0 Å². The number of amides is 5. The third kappa shape index (κ3) is 14.6. The zero-order chi connectivity index (χ0) is 52.4. The van der Waals surface area contributed by atoms with Crippen LogP contribution in [0.4, 0.5) is 4.79 Å². The van der Waals surface area contributed by atoms with Gasteiger partial charge in [-0.3, -0.25) is 19.2 Å². The number of benzene rings is 2. The monoisotopic (exact) mass is 1010 g/mol. The number of carbonyl (C=O) groups excluding carboxylic acids is 5. The highest BCUT2D eigenvalue weighted by Gasteiger charge is 2.38. The van der Waals surface area contributed by atoms with E-state index in [4.69, 9.17) is 23.7 Å². The van der Waals surface area contributed by atoms with Gasteiger partial charge in [0.1, 0.15) is 17.7 Å². The van der Waals surface area contributed by atoms with Gasteiger partial charge in [0.2, 0.25) is 23.6 Å². The normalized spacial score (nSPS) is 22.8. The molecule has 8 rings (SSSR count). The number of fused-ring (bicyclic) bond motifs is 2. The first-order valence-electron chi connectivity index (χ1n) is 26.2. The van der Waals surface area contributed by atoms with E-state index in [9.17, 15) is 24.0 Å². The summed E-state index contributed by atoms with van der Waals surface area (Å²) in [5.41, 5.74) is 3.39. The lowest BCUT2D eigenvalue weighted by atomic mass is 9.90. The Hall–Kier alpha value is -5.53. The van der Waals surface area contributed by atoms with E-state index >= 15 is 0 Å². The highest BCUT2D eigenvalue weighted by Crippen LogP contribution is 2.31. The Labute approximate surface area is 430 Å². The van der Waals surface area contributed by atoms with Gasteiger partial charge in [-0.05, 0) is 82.8 Å². The average molecular weight is 1010 g/mol. The molecule has 0 radical (unpaired) electrons. The molecule has 0 aliphatic carbocycles. The van der Waals surface area contributed by atoms with Crippen LogP contribution in [-0.2, 0) is 42.9 Å². The first kappa shape index (κ1) is 55.2. The number of piperidine rings is 2. The molecule has 2 aromatic heterocycles. The van der Waals surface area contributed by atoms with Crippen molar-refractivity contribution in [1.82, 2.24) is 40.6 Å². The third-order valence-electron chi connectivity index (χ3n) is 14.4. The maximum Gasteiger partial charge on any atom is 0.410 e. The minimum atomic E-state index is -0.789. The Morgan fingerprint density at radius 1 is 0.658 bits per heavy atom. The number of rotatable bonds is 14. The highest BCUT2D eigenvalue weighted by atomic mass is 16.7. The molecule has 4 atom stereocenters. The molecule has 0 saturated carbocycles. The summed E-state index contributed by atoms with van der Waals surface area (Å²) in [6, 6.07) is 14.5. The van der Waals surface area contributed by atoms with Gasteiger partial charge >= 0.3 is 6.09 Å². The van der Waals surface area contributed by atoms with Gasteiger partial charge in [0, 0.05) is 96.9 Å². The number of ether oxygens (including phenoxy) is 5. The van der Waals surface area contributed by atoms with Crippen molar-refractivity contribution in [1.29, 1.82) is 0 Å². The smallest absolute Gasteiger partial charge is 0.410 e. The predicted molar refractivity (Wildman–Crippen MR) is 278 cm³/mol. The van der Waals surface area contributed by atoms with Crippen molar-refractivity contribution >= 4 is 51.5 Å². The number of likely N-dealkylation sites (N-methyl/N-ethyl adjacent to an activating group) is 2. The molecule has 400 valence electrons. The summed E-state index contributed by atoms with van der Waals surface area (Å²) in [6.07, 6.45) is 5.13. The number of carbonyl (C=O) groups is 5. The lowest BCUT2D eigenvalue weighted by Gasteiger charge is -2.35. The number of nitrogens with zero attached hydrogens (tertiary/aromatic N) is 3. The van der Waals surface area contributed by atoms with E-state index in [0.29, 0.717) is 70.7 Å². The zero-order valence-electron chi connectivity index (χ0n) is 44.4. The highest BCUT2D eigenvalue weighted by molar-refractivity contribution is 5.92. The molecule has 5 N–H and O–H groups in total. The van der Waals surface area contributed by atoms with Crippen LogP contribution < -0.4 is 16.0 Å². The van der Waals surface area contributed by atoms with Crippen LogP contribution in [0, 0.1) is 23.7 Å². The second-order valence-electron chi connectivity index (χ2n) is 21.7.